The van der Waals surface area contributed by atoms with Crippen molar-refractivity contribution in [2.45, 2.75) is 44.1 Å². The van der Waals surface area contributed by atoms with Gasteiger partial charge in [-0.15, -0.1) is 0 Å². The molecule has 0 spiro atoms. The normalized spacial score (nSPS) is 24.8. The monoisotopic (exact) mass is 542 g/mol. The van der Waals surface area contributed by atoms with Crippen LogP contribution in [0.5, 0.6) is 0 Å². The number of nitrogens with one attached hydrogen (secondary N) is 2. The Balaban J connectivity index is 1.37. The van der Waals surface area contributed by atoms with Crippen molar-refractivity contribution in [3.05, 3.63) is 35.4 Å². The molecule has 1 unspecified atom stereocenters. The first-order valence-corrected chi connectivity index (χ1v) is 13.5. The van der Waals surface area contributed by atoms with Crippen molar-refractivity contribution in [1.29, 1.82) is 5.26 Å². The van der Waals surface area contributed by atoms with Crippen molar-refractivity contribution < 1.29 is 31.2 Å². The van der Waals surface area contributed by atoms with E-state index in [-0.39, 0.29) is 44.5 Å². The summed E-state index contributed by atoms with van der Waals surface area (Å²) in [6.07, 6.45) is -3.43. The van der Waals surface area contributed by atoms with Crippen LogP contribution >= 0.6 is 0 Å². The second kappa shape index (κ2) is 10.6. The smallest absolute Gasteiger partial charge is 0.348 e. The van der Waals surface area contributed by atoms with Crippen LogP contribution < -0.4 is 10.6 Å². The van der Waals surface area contributed by atoms with Gasteiger partial charge in [-0.25, -0.2) is 0 Å². The number of rotatable bonds is 6. The molecule has 0 radical (unpaired) electrons. The topological polar surface area (TPSA) is 126 Å². The van der Waals surface area contributed by atoms with Gasteiger partial charge in [-0.1, -0.05) is 12.1 Å². The van der Waals surface area contributed by atoms with Crippen LogP contribution in [-0.2, 0) is 26.0 Å². The summed E-state index contributed by atoms with van der Waals surface area (Å²) in [5, 5.41) is 14.8. The fourth-order valence-electron chi connectivity index (χ4n) is 4.83. The highest BCUT2D eigenvalue weighted by Gasteiger charge is 2.44. The summed E-state index contributed by atoms with van der Waals surface area (Å²) in [6.45, 7) is 2.63. The largest absolute Gasteiger partial charge is 0.416 e. The fourth-order valence-corrected chi connectivity index (χ4v) is 6.55. The standard InChI is InChI=1S/C23H29F3N6O4S/c1-15(17-4-6-18(7-5-17)23(24,25)26)29-21(33)20-3-2-9-32(20)22(34)19-14-30(10-8-28-19)37(35,36)31-12-16(11-27)13-31/h4-7,15-16,19-20,28H,2-3,8-10,12-14H2,1H3,(H,29,33)/t15-,19?,20-/m1/s1. The van der Waals surface area contributed by atoms with Crippen molar-refractivity contribution >= 4 is 22.0 Å². The number of likely N-dealkylation sites (tertiary alicyclic amines) is 1. The first-order valence-electron chi connectivity index (χ1n) is 12.1. The third-order valence-corrected chi connectivity index (χ3v) is 8.99. The molecule has 1 aromatic carbocycles. The second-order valence-electron chi connectivity index (χ2n) is 9.56. The van der Waals surface area contributed by atoms with E-state index < -0.39 is 46.0 Å². The SMILES string of the molecule is C[C@@H](NC(=O)[C@H]1CCCN1C(=O)C1CN(S(=O)(=O)N2CC(C#N)C2)CCN1)c1ccc(C(F)(F)F)cc1. The predicted octanol–water partition coefficient (Wildman–Crippen LogP) is 0.848. The van der Waals surface area contributed by atoms with E-state index >= 15 is 0 Å². The van der Waals surface area contributed by atoms with Crippen molar-refractivity contribution in [3.8, 4) is 6.07 Å². The van der Waals surface area contributed by atoms with Crippen LogP contribution in [0.2, 0.25) is 0 Å². The molecule has 0 bridgehead atoms. The number of alkyl halides is 3. The molecular weight excluding hydrogens is 513 g/mol. The number of amides is 2. The van der Waals surface area contributed by atoms with Gasteiger partial charge in [-0.2, -0.15) is 35.5 Å². The van der Waals surface area contributed by atoms with E-state index in [9.17, 15) is 31.2 Å². The minimum Gasteiger partial charge on any atom is -0.348 e. The molecule has 10 nitrogen and oxygen atoms in total. The van der Waals surface area contributed by atoms with Crippen molar-refractivity contribution in [3.63, 3.8) is 0 Å². The highest BCUT2D eigenvalue weighted by atomic mass is 32.2. The van der Waals surface area contributed by atoms with Gasteiger partial charge in [0, 0.05) is 39.3 Å². The van der Waals surface area contributed by atoms with Gasteiger partial charge in [0.2, 0.25) is 11.8 Å². The molecular formula is C23H29F3N6O4S. The number of nitrogens with zero attached hydrogens (tertiary/aromatic N) is 4. The number of benzene rings is 1. The van der Waals surface area contributed by atoms with Crippen LogP contribution in [0, 0.1) is 17.2 Å². The average molecular weight is 543 g/mol. The molecule has 0 saturated carbocycles. The van der Waals surface area contributed by atoms with Crippen LogP contribution in [0.25, 0.3) is 0 Å². The lowest BCUT2D eigenvalue weighted by atomic mass is 10.0. The lowest BCUT2D eigenvalue weighted by molar-refractivity contribution is -0.140. The summed E-state index contributed by atoms with van der Waals surface area (Å²) in [5.74, 6) is -1.12. The Bertz CT molecular complexity index is 1160. The molecule has 4 rings (SSSR count). The molecule has 2 amide bonds. The molecule has 3 aliphatic heterocycles. The third-order valence-electron chi connectivity index (χ3n) is 7.05. The Labute approximate surface area is 213 Å². The quantitative estimate of drug-likeness (QED) is 0.549. The van der Waals surface area contributed by atoms with Crippen molar-refractivity contribution in [2.75, 3.05) is 39.3 Å². The van der Waals surface area contributed by atoms with E-state index in [1.165, 1.54) is 25.6 Å². The zero-order valence-electron chi connectivity index (χ0n) is 20.2. The predicted molar refractivity (Wildman–Crippen MR) is 126 cm³/mol. The molecule has 0 aromatic heterocycles. The Kier molecular flexibility index (Phi) is 7.80. The molecule has 37 heavy (non-hydrogen) atoms. The minimum atomic E-state index is -4.45. The molecule has 3 heterocycles. The van der Waals surface area contributed by atoms with E-state index in [1.807, 2.05) is 6.07 Å². The molecule has 3 saturated heterocycles. The molecule has 202 valence electrons. The molecule has 3 aliphatic rings. The summed E-state index contributed by atoms with van der Waals surface area (Å²) in [7, 11) is -3.79. The number of hydrogen-bond donors (Lipinski definition) is 2. The highest BCUT2D eigenvalue weighted by molar-refractivity contribution is 7.86. The zero-order chi connectivity index (χ0) is 27.0. The Morgan fingerprint density at radius 3 is 2.43 bits per heavy atom. The maximum absolute atomic E-state index is 13.3. The third kappa shape index (κ3) is 5.74. The number of halogens is 3. The summed E-state index contributed by atoms with van der Waals surface area (Å²) in [6, 6.07) is 4.41. The first-order chi connectivity index (χ1) is 17.4. The van der Waals surface area contributed by atoms with Gasteiger partial charge in [0.15, 0.2) is 0 Å². The van der Waals surface area contributed by atoms with E-state index in [4.69, 9.17) is 5.26 Å². The van der Waals surface area contributed by atoms with Crippen molar-refractivity contribution in [1.82, 2.24) is 24.1 Å². The minimum absolute atomic E-state index is 0.0817. The number of carbonyl (C=O) groups is 2. The van der Waals surface area contributed by atoms with Crippen LogP contribution in [0.3, 0.4) is 0 Å². The Morgan fingerprint density at radius 2 is 1.81 bits per heavy atom. The lowest BCUT2D eigenvalue weighted by Crippen LogP contribution is -2.63. The maximum atomic E-state index is 13.3. The zero-order valence-corrected chi connectivity index (χ0v) is 21.1. The highest BCUT2D eigenvalue weighted by Crippen LogP contribution is 2.30. The van der Waals surface area contributed by atoms with E-state index in [0.29, 0.717) is 24.9 Å². The van der Waals surface area contributed by atoms with Crippen molar-refractivity contribution in [2.24, 2.45) is 5.92 Å². The summed E-state index contributed by atoms with van der Waals surface area (Å²) in [5.41, 5.74) is -0.283. The van der Waals surface area contributed by atoms with Gasteiger partial charge in [0.05, 0.1) is 23.6 Å². The molecule has 2 N–H and O–H groups in total. The van der Waals surface area contributed by atoms with Gasteiger partial charge in [-0.05, 0) is 37.5 Å². The summed E-state index contributed by atoms with van der Waals surface area (Å²) in [4.78, 5) is 27.8. The van der Waals surface area contributed by atoms with Gasteiger partial charge in [-0.3, -0.25) is 9.59 Å². The van der Waals surface area contributed by atoms with Crippen LogP contribution in [0.15, 0.2) is 24.3 Å². The van der Waals surface area contributed by atoms with Gasteiger partial charge in [0.25, 0.3) is 10.2 Å². The van der Waals surface area contributed by atoms with Crippen LogP contribution in [0.1, 0.15) is 36.9 Å². The van der Waals surface area contributed by atoms with E-state index in [1.54, 1.807) is 6.92 Å². The number of carbonyl (C=O) groups excluding carboxylic acids is 2. The maximum Gasteiger partial charge on any atom is 0.416 e. The van der Waals surface area contributed by atoms with Crippen LogP contribution in [0.4, 0.5) is 13.2 Å². The molecule has 14 heteroatoms. The van der Waals surface area contributed by atoms with Gasteiger partial charge >= 0.3 is 6.18 Å². The fraction of sp³-hybridized carbons (Fsp3) is 0.609. The summed E-state index contributed by atoms with van der Waals surface area (Å²) >= 11 is 0. The lowest BCUT2D eigenvalue weighted by Gasteiger charge is -2.41. The molecule has 0 aliphatic carbocycles. The average Bonchev–Trinajstić information content (AvgIpc) is 3.32. The Morgan fingerprint density at radius 1 is 1.14 bits per heavy atom. The molecule has 3 fully saturated rings. The Hall–Kier alpha value is -2.73. The number of nitriles is 1. The number of hydrogen-bond acceptors (Lipinski definition) is 6. The van der Waals surface area contributed by atoms with E-state index in [0.717, 1.165) is 12.1 Å². The number of piperazine rings is 1. The van der Waals surface area contributed by atoms with Gasteiger partial charge in [0.1, 0.15) is 12.1 Å². The van der Waals surface area contributed by atoms with Crippen LogP contribution in [-0.4, -0.2) is 85.1 Å². The first kappa shape index (κ1) is 27.3. The molecule has 3 atom stereocenters. The summed E-state index contributed by atoms with van der Waals surface area (Å²) < 4.78 is 66.7. The second-order valence-corrected chi connectivity index (χ2v) is 11.5. The van der Waals surface area contributed by atoms with E-state index in [2.05, 4.69) is 10.6 Å². The molecule has 1 aromatic rings. The van der Waals surface area contributed by atoms with Gasteiger partial charge < -0.3 is 15.5 Å².